The molecule has 2 unspecified atom stereocenters. The maximum atomic E-state index is 11.1. The molecule has 0 aliphatic carbocycles. The minimum absolute atomic E-state index is 0.287. The van der Waals surface area contributed by atoms with Crippen molar-refractivity contribution in [2.75, 3.05) is 11.5 Å². The Morgan fingerprint density at radius 2 is 2.46 bits per heavy atom. The normalized spacial score (nSPS) is 30.3. The fourth-order valence-corrected chi connectivity index (χ4v) is 2.82. The van der Waals surface area contributed by atoms with Crippen LogP contribution in [-0.4, -0.2) is 34.2 Å². The molecule has 1 aliphatic rings. The van der Waals surface area contributed by atoms with Gasteiger partial charge in [0.25, 0.3) is 0 Å². The van der Waals surface area contributed by atoms with Crippen molar-refractivity contribution in [3.63, 3.8) is 0 Å². The molecule has 2 atom stereocenters. The van der Waals surface area contributed by atoms with Crippen LogP contribution in [-0.2, 0) is 4.79 Å². The van der Waals surface area contributed by atoms with Crippen LogP contribution < -0.4 is 5.32 Å². The van der Waals surface area contributed by atoms with Gasteiger partial charge in [-0.3, -0.25) is 10.1 Å². The largest absolute Gasteiger partial charge is 0.480 e. The van der Waals surface area contributed by atoms with Crippen LogP contribution in [0.5, 0.6) is 0 Å². The summed E-state index contributed by atoms with van der Waals surface area (Å²) in [5.41, 5.74) is -0.653. The van der Waals surface area contributed by atoms with E-state index in [0.717, 1.165) is 18.6 Å². The van der Waals surface area contributed by atoms with Gasteiger partial charge in [0.15, 0.2) is 0 Å². The molecule has 0 radical (unpaired) electrons. The van der Waals surface area contributed by atoms with Crippen LogP contribution >= 0.6 is 11.8 Å². The monoisotopic (exact) mass is 203 g/mol. The Kier molecular flexibility index (Phi) is 3.62. The lowest BCUT2D eigenvalue weighted by Crippen LogP contribution is -2.55. The quantitative estimate of drug-likeness (QED) is 0.724. The molecule has 0 aromatic heterocycles. The average Bonchev–Trinajstić information content (AvgIpc) is 2.54. The van der Waals surface area contributed by atoms with Crippen molar-refractivity contribution in [1.82, 2.24) is 5.32 Å². The van der Waals surface area contributed by atoms with Crippen LogP contribution in [0.25, 0.3) is 0 Å². The minimum Gasteiger partial charge on any atom is -0.480 e. The summed E-state index contributed by atoms with van der Waals surface area (Å²) in [6.45, 7) is 4.10. The summed E-state index contributed by atoms with van der Waals surface area (Å²) in [7, 11) is 0. The van der Waals surface area contributed by atoms with Gasteiger partial charge in [0, 0.05) is 11.8 Å². The molecule has 13 heavy (non-hydrogen) atoms. The molecule has 1 aliphatic heterocycles. The summed E-state index contributed by atoms with van der Waals surface area (Å²) < 4.78 is 0. The Balaban J connectivity index is 2.62. The number of carboxylic acid groups (broad SMARTS) is 1. The first-order valence-electron chi connectivity index (χ1n) is 4.69. The third-order valence-corrected chi connectivity index (χ3v) is 3.76. The number of carboxylic acids is 1. The number of nitrogens with one attached hydrogen (secondary N) is 1. The van der Waals surface area contributed by atoms with Crippen LogP contribution in [0.1, 0.15) is 26.7 Å². The zero-order valence-electron chi connectivity index (χ0n) is 8.17. The molecule has 0 bridgehead atoms. The van der Waals surface area contributed by atoms with Gasteiger partial charge in [0.05, 0.1) is 0 Å². The highest BCUT2D eigenvalue weighted by Crippen LogP contribution is 2.28. The Morgan fingerprint density at radius 3 is 2.85 bits per heavy atom. The number of hydrogen-bond acceptors (Lipinski definition) is 3. The first-order valence-corrected chi connectivity index (χ1v) is 5.85. The predicted octanol–water partition coefficient (Wildman–Crippen LogP) is 1.33. The Bertz CT molecular complexity index is 190. The van der Waals surface area contributed by atoms with Crippen molar-refractivity contribution in [3.05, 3.63) is 0 Å². The molecule has 1 rings (SSSR count). The first-order chi connectivity index (χ1) is 6.10. The molecule has 1 heterocycles. The van der Waals surface area contributed by atoms with Gasteiger partial charge in [-0.1, -0.05) is 6.92 Å². The molecule has 4 heteroatoms. The van der Waals surface area contributed by atoms with Crippen LogP contribution in [0, 0.1) is 0 Å². The van der Waals surface area contributed by atoms with E-state index in [9.17, 15) is 4.79 Å². The maximum Gasteiger partial charge on any atom is 0.324 e. The maximum absolute atomic E-state index is 11.1. The van der Waals surface area contributed by atoms with E-state index in [4.69, 9.17) is 5.11 Å². The second-order valence-electron chi connectivity index (χ2n) is 3.64. The average molecular weight is 203 g/mol. The molecular weight excluding hydrogens is 186 g/mol. The summed E-state index contributed by atoms with van der Waals surface area (Å²) in [4.78, 5) is 11.1. The van der Waals surface area contributed by atoms with Gasteiger partial charge in [0.1, 0.15) is 5.54 Å². The fourth-order valence-electron chi connectivity index (χ4n) is 1.48. The summed E-state index contributed by atoms with van der Waals surface area (Å²) in [6.07, 6.45) is 1.72. The Morgan fingerprint density at radius 1 is 1.77 bits per heavy atom. The van der Waals surface area contributed by atoms with Gasteiger partial charge in [-0.2, -0.15) is 11.8 Å². The second-order valence-corrected chi connectivity index (χ2v) is 4.75. The Labute approximate surface area is 83.3 Å². The highest BCUT2D eigenvalue weighted by molar-refractivity contribution is 7.99. The third kappa shape index (κ3) is 2.38. The molecule has 0 saturated carbocycles. The minimum atomic E-state index is -0.696. The van der Waals surface area contributed by atoms with Crippen LogP contribution in [0.2, 0.25) is 0 Å². The first kappa shape index (κ1) is 10.9. The van der Waals surface area contributed by atoms with E-state index in [1.807, 2.05) is 6.92 Å². The number of thioether (sulfide) groups is 1. The Hall–Kier alpha value is -0.220. The number of rotatable bonds is 4. The molecule has 1 saturated heterocycles. The highest BCUT2D eigenvalue weighted by Gasteiger charge is 2.42. The number of hydrogen-bond donors (Lipinski definition) is 2. The van der Waals surface area contributed by atoms with Gasteiger partial charge >= 0.3 is 5.97 Å². The third-order valence-electron chi connectivity index (χ3n) is 2.57. The second kappa shape index (κ2) is 4.33. The zero-order chi connectivity index (χ0) is 9.90. The van der Waals surface area contributed by atoms with Crippen LogP contribution in [0.3, 0.4) is 0 Å². The molecule has 0 aromatic rings. The molecule has 0 amide bonds. The summed E-state index contributed by atoms with van der Waals surface area (Å²) in [6, 6.07) is 0.287. The van der Waals surface area contributed by atoms with Crippen molar-refractivity contribution in [2.24, 2.45) is 0 Å². The predicted molar refractivity (Wildman–Crippen MR) is 55.2 cm³/mol. The van der Waals surface area contributed by atoms with E-state index in [1.54, 1.807) is 11.8 Å². The lowest BCUT2D eigenvalue weighted by atomic mass is 9.97. The number of carbonyl (C=O) groups is 1. The van der Waals surface area contributed by atoms with Crippen LogP contribution in [0.4, 0.5) is 0 Å². The molecular formula is C9H17NO2S. The summed E-state index contributed by atoms with van der Waals surface area (Å²) >= 11 is 1.72. The van der Waals surface area contributed by atoms with Crippen molar-refractivity contribution < 1.29 is 9.90 Å². The summed E-state index contributed by atoms with van der Waals surface area (Å²) in [5.74, 6) is 0.959. The van der Waals surface area contributed by atoms with E-state index in [2.05, 4.69) is 12.2 Å². The lowest BCUT2D eigenvalue weighted by molar-refractivity contribution is -0.144. The molecule has 2 N–H and O–H groups in total. The standard InChI is InChI=1S/C9H17NO2S/c1-3-7(2)10-9(8(11)12)4-5-13-6-9/h7,10H,3-6H2,1-2H3,(H,11,12). The lowest BCUT2D eigenvalue weighted by Gasteiger charge is -2.28. The van der Waals surface area contributed by atoms with Crippen LogP contribution in [0.15, 0.2) is 0 Å². The topological polar surface area (TPSA) is 49.3 Å². The molecule has 0 aromatic carbocycles. The van der Waals surface area contributed by atoms with Gasteiger partial charge in [0.2, 0.25) is 0 Å². The molecule has 3 nitrogen and oxygen atoms in total. The zero-order valence-corrected chi connectivity index (χ0v) is 8.99. The van der Waals surface area contributed by atoms with Gasteiger partial charge in [-0.25, -0.2) is 0 Å². The van der Waals surface area contributed by atoms with Gasteiger partial charge in [-0.15, -0.1) is 0 Å². The van der Waals surface area contributed by atoms with E-state index in [0.29, 0.717) is 5.75 Å². The van der Waals surface area contributed by atoms with Gasteiger partial charge < -0.3 is 5.11 Å². The number of aliphatic carboxylic acids is 1. The van der Waals surface area contributed by atoms with Gasteiger partial charge in [-0.05, 0) is 25.5 Å². The van der Waals surface area contributed by atoms with Crippen molar-refractivity contribution in [2.45, 2.75) is 38.3 Å². The van der Waals surface area contributed by atoms with E-state index >= 15 is 0 Å². The smallest absolute Gasteiger partial charge is 0.324 e. The SMILES string of the molecule is CCC(C)NC1(C(=O)O)CCSC1. The molecule has 76 valence electrons. The van der Waals surface area contributed by atoms with Crippen molar-refractivity contribution in [3.8, 4) is 0 Å². The summed E-state index contributed by atoms with van der Waals surface area (Å²) in [5, 5.41) is 12.4. The van der Waals surface area contributed by atoms with Crippen molar-refractivity contribution >= 4 is 17.7 Å². The molecule has 0 spiro atoms. The van der Waals surface area contributed by atoms with E-state index in [1.165, 1.54) is 0 Å². The molecule has 1 fully saturated rings. The van der Waals surface area contributed by atoms with E-state index in [-0.39, 0.29) is 6.04 Å². The highest BCUT2D eigenvalue weighted by atomic mass is 32.2. The van der Waals surface area contributed by atoms with Crippen molar-refractivity contribution in [1.29, 1.82) is 0 Å². The van der Waals surface area contributed by atoms with E-state index < -0.39 is 11.5 Å². The fraction of sp³-hybridized carbons (Fsp3) is 0.889.